The average Bonchev–Trinajstić information content (AvgIpc) is 2.70. The molecule has 1 N–H and O–H groups in total. The summed E-state index contributed by atoms with van der Waals surface area (Å²) in [6, 6.07) is 3.88. The number of alkyl halides is 5. The van der Waals surface area contributed by atoms with E-state index in [2.05, 4.69) is 4.74 Å². The molecule has 194 valence electrons. The monoisotopic (exact) mass is 522 g/mol. The van der Waals surface area contributed by atoms with Gasteiger partial charge in [0.2, 0.25) is 0 Å². The molecule has 0 fully saturated rings. The number of aliphatic hydroxyl groups is 1. The Morgan fingerprint density at radius 3 is 1.56 bits per heavy atom. The number of aryl methyl sites for hydroxylation is 2. The number of halogens is 9. The summed E-state index contributed by atoms with van der Waals surface area (Å²) in [5.41, 5.74) is -2.28. The molecule has 0 aromatic heterocycles. The van der Waals surface area contributed by atoms with Crippen molar-refractivity contribution in [2.45, 2.75) is 45.6 Å². The third kappa shape index (κ3) is 5.30. The molecule has 1 unspecified atom stereocenters. The molecule has 11 heteroatoms. The number of rotatable bonds is 6. The standard InChI is InChI=1S/C25H19F9O2/c1-4-20(35)21-11(2)5-13(6-12(21)3)14-7-16(26)23(17(27)8-14)25(33,34)36-15-9-18(28)22(19(29)10-15)24(30,31)32/h5-10,20,35H,4H2,1-3H3. The van der Waals surface area contributed by atoms with Crippen LogP contribution in [0.15, 0.2) is 36.4 Å². The highest BCUT2D eigenvalue weighted by Gasteiger charge is 2.43. The van der Waals surface area contributed by atoms with E-state index in [4.69, 9.17) is 0 Å². The maximum atomic E-state index is 14.7. The van der Waals surface area contributed by atoms with Gasteiger partial charge in [-0.05, 0) is 60.2 Å². The first-order valence-electron chi connectivity index (χ1n) is 10.5. The van der Waals surface area contributed by atoms with E-state index >= 15 is 0 Å². The Morgan fingerprint density at radius 1 is 0.722 bits per heavy atom. The van der Waals surface area contributed by atoms with Crippen molar-refractivity contribution in [3.8, 4) is 16.9 Å². The molecule has 0 heterocycles. The molecule has 2 nitrogen and oxygen atoms in total. The third-order valence-electron chi connectivity index (χ3n) is 5.53. The minimum atomic E-state index is -5.45. The van der Waals surface area contributed by atoms with E-state index in [1.54, 1.807) is 20.8 Å². The minimum absolute atomic E-state index is 0.125. The quantitative estimate of drug-likeness (QED) is 0.332. The van der Waals surface area contributed by atoms with Gasteiger partial charge in [0, 0.05) is 12.1 Å². The average molecular weight is 522 g/mol. The molecule has 3 aromatic carbocycles. The van der Waals surface area contributed by atoms with E-state index in [0.717, 1.165) is 0 Å². The molecule has 3 aromatic rings. The second-order valence-electron chi connectivity index (χ2n) is 8.14. The van der Waals surface area contributed by atoms with Crippen molar-refractivity contribution < 1.29 is 49.4 Å². The first-order valence-corrected chi connectivity index (χ1v) is 10.5. The van der Waals surface area contributed by atoms with Crippen LogP contribution in [0.25, 0.3) is 11.1 Å². The van der Waals surface area contributed by atoms with E-state index in [1.165, 1.54) is 12.1 Å². The van der Waals surface area contributed by atoms with E-state index in [9.17, 15) is 44.6 Å². The topological polar surface area (TPSA) is 29.5 Å². The van der Waals surface area contributed by atoms with Gasteiger partial charge in [-0.15, -0.1) is 0 Å². The summed E-state index contributed by atoms with van der Waals surface area (Å²) in [7, 11) is 0. The highest BCUT2D eigenvalue weighted by atomic mass is 19.4. The molecule has 0 aliphatic carbocycles. The summed E-state index contributed by atoms with van der Waals surface area (Å²) >= 11 is 0. The van der Waals surface area contributed by atoms with E-state index in [0.29, 0.717) is 35.2 Å². The molecule has 1 atom stereocenters. The Bertz CT molecular complexity index is 1230. The zero-order valence-electron chi connectivity index (χ0n) is 19.0. The van der Waals surface area contributed by atoms with Crippen molar-refractivity contribution >= 4 is 0 Å². The Morgan fingerprint density at radius 2 is 1.14 bits per heavy atom. The summed E-state index contributed by atoms with van der Waals surface area (Å²) in [6.07, 6.45) is -10.6. The van der Waals surface area contributed by atoms with Gasteiger partial charge in [0.1, 0.15) is 40.1 Å². The molecule has 0 saturated heterocycles. The van der Waals surface area contributed by atoms with Crippen LogP contribution in [-0.4, -0.2) is 5.11 Å². The third-order valence-corrected chi connectivity index (χ3v) is 5.53. The Balaban J connectivity index is 2.00. The van der Waals surface area contributed by atoms with Crippen LogP contribution in [0.2, 0.25) is 0 Å². The lowest BCUT2D eigenvalue weighted by molar-refractivity contribution is -0.189. The molecular formula is C25H19F9O2. The van der Waals surface area contributed by atoms with Crippen molar-refractivity contribution in [3.05, 3.63) is 87.5 Å². The number of benzene rings is 3. The molecule has 36 heavy (non-hydrogen) atoms. The summed E-state index contributed by atoms with van der Waals surface area (Å²) in [6.45, 7) is 5.09. The van der Waals surface area contributed by atoms with Crippen molar-refractivity contribution in [2.24, 2.45) is 0 Å². The first-order chi connectivity index (χ1) is 16.6. The smallest absolute Gasteiger partial charge is 0.429 e. The molecule has 0 spiro atoms. The van der Waals surface area contributed by atoms with Gasteiger partial charge in [-0.3, -0.25) is 0 Å². The predicted octanol–water partition coefficient (Wildman–Crippen LogP) is 8.12. The first kappa shape index (κ1) is 27.4. The van der Waals surface area contributed by atoms with Gasteiger partial charge in [-0.2, -0.15) is 22.0 Å². The summed E-state index contributed by atoms with van der Waals surface area (Å²) in [5, 5.41) is 10.2. The second-order valence-corrected chi connectivity index (χ2v) is 8.14. The highest BCUT2D eigenvalue weighted by Crippen LogP contribution is 2.40. The van der Waals surface area contributed by atoms with Crippen LogP contribution in [0.4, 0.5) is 39.5 Å². The summed E-state index contributed by atoms with van der Waals surface area (Å²) in [5.74, 6) is -9.44. The fourth-order valence-electron chi connectivity index (χ4n) is 3.97. The Hall–Kier alpha value is -3.21. The number of aliphatic hydroxyl groups excluding tert-OH is 1. The molecule has 0 radical (unpaired) electrons. The Kier molecular flexibility index (Phi) is 7.36. The molecule has 0 amide bonds. The van der Waals surface area contributed by atoms with Gasteiger partial charge in [0.05, 0.1) is 6.10 Å². The maximum Gasteiger partial charge on any atom is 0.432 e. The lowest BCUT2D eigenvalue weighted by Gasteiger charge is -2.21. The zero-order chi connectivity index (χ0) is 27.2. The van der Waals surface area contributed by atoms with Crippen molar-refractivity contribution in [2.75, 3.05) is 0 Å². The van der Waals surface area contributed by atoms with Crippen LogP contribution in [0.1, 0.15) is 47.3 Å². The number of hydrogen-bond acceptors (Lipinski definition) is 2. The van der Waals surface area contributed by atoms with Gasteiger partial charge in [0.15, 0.2) is 0 Å². The fourth-order valence-corrected chi connectivity index (χ4v) is 3.97. The van der Waals surface area contributed by atoms with E-state index in [-0.39, 0.29) is 23.3 Å². The molecule has 3 rings (SSSR count). The molecule has 0 saturated carbocycles. The van der Waals surface area contributed by atoms with E-state index < -0.39 is 58.5 Å². The lowest BCUT2D eigenvalue weighted by Crippen LogP contribution is -2.25. The number of hydrogen-bond donors (Lipinski definition) is 1. The summed E-state index contributed by atoms with van der Waals surface area (Å²) < 4.78 is 128. The molecule has 0 aliphatic heterocycles. The van der Waals surface area contributed by atoms with Crippen molar-refractivity contribution in [3.63, 3.8) is 0 Å². The van der Waals surface area contributed by atoms with Crippen molar-refractivity contribution in [1.82, 2.24) is 0 Å². The second kappa shape index (κ2) is 9.68. The van der Waals surface area contributed by atoms with Crippen LogP contribution < -0.4 is 4.74 Å². The normalized spacial score (nSPS) is 13.1. The molecule has 0 bridgehead atoms. The van der Waals surface area contributed by atoms with Crippen LogP contribution in [-0.2, 0) is 12.3 Å². The van der Waals surface area contributed by atoms with Crippen molar-refractivity contribution in [1.29, 1.82) is 0 Å². The van der Waals surface area contributed by atoms with E-state index in [1.807, 2.05) is 0 Å². The largest absolute Gasteiger partial charge is 0.432 e. The van der Waals surface area contributed by atoms with Crippen LogP contribution in [0.3, 0.4) is 0 Å². The van der Waals surface area contributed by atoms with Crippen LogP contribution in [0, 0.1) is 37.1 Å². The summed E-state index contributed by atoms with van der Waals surface area (Å²) in [4.78, 5) is 0. The molecule has 0 aliphatic rings. The van der Waals surface area contributed by atoms with Gasteiger partial charge >= 0.3 is 12.3 Å². The van der Waals surface area contributed by atoms with Gasteiger partial charge in [-0.25, -0.2) is 17.6 Å². The Labute approximate surface area is 199 Å². The predicted molar refractivity (Wildman–Crippen MR) is 112 cm³/mol. The lowest BCUT2D eigenvalue weighted by atomic mass is 9.91. The van der Waals surface area contributed by atoms with Crippen LogP contribution >= 0.6 is 0 Å². The number of ether oxygens (including phenoxy) is 1. The van der Waals surface area contributed by atoms with Gasteiger partial charge in [0.25, 0.3) is 0 Å². The molecular weight excluding hydrogens is 503 g/mol. The van der Waals surface area contributed by atoms with Crippen LogP contribution in [0.5, 0.6) is 5.75 Å². The highest BCUT2D eigenvalue weighted by molar-refractivity contribution is 5.67. The van der Waals surface area contributed by atoms with Gasteiger partial charge in [-0.1, -0.05) is 19.1 Å². The fraction of sp³-hybridized carbons (Fsp3) is 0.280. The minimum Gasteiger partial charge on any atom is -0.429 e. The van der Waals surface area contributed by atoms with Gasteiger partial charge < -0.3 is 9.84 Å². The zero-order valence-corrected chi connectivity index (χ0v) is 19.0. The maximum absolute atomic E-state index is 14.7. The SMILES string of the molecule is CCC(O)c1c(C)cc(-c2cc(F)c(C(F)(F)Oc3cc(F)c(C(F)(F)F)c(F)c3)c(F)c2)cc1C.